The van der Waals surface area contributed by atoms with Crippen molar-refractivity contribution in [3.05, 3.63) is 35.2 Å². The van der Waals surface area contributed by atoms with E-state index in [2.05, 4.69) is 76.2 Å². The van der Waals surface area contributed by atoms with Gasteiger partial charge in [-0.1, -0.05) is 20.8 Å². The molecule has 0 spiro atoms. The van der Waals surface area contributed by atoms with E-state index in [9.17, 15) is 0 Å². The first-order valence-corrected chi connectivity index (χ1v) is 9.59. The van der Waals surface area contributed by atoms with Crippen LogP contribution in [0.4, 0.5) is 11.6 Å². The summed E-state index contributed by atoms with van der Waals surface area (Å²) in [6.07, 6.45) is 4.74. The molecule has 138 valence electrons. The molecule has 6 nitrogen and oxygen atoms in total. The van der Waals surface area contributed by atoms with Gasteiger partial charge in [0.15, 0.2) is 11.6 Å². The summed E-state index contributed by atoms with van der Waals surface area (Å²) in [5, 5.41) is 17.7. The molecule has 0 unspecified atom stereocenters. The van der Waals surface area contributed by atoms with Gasteiger partial charge >= 0.3 is 0 Å². The average Bonchev–Trinajstić information content (AvgIpc) is 2.59. The van der Waals surface area contributed by atoms with Crippen molar-refractivity contribution in [3.63, 3.8) is 0 Å². The Hall–Kier alpha value is -2.24. The average molecular weight is 352 g/mol. The van der Waals surface area contributed by atoms with E-state index < -0.39 is 0 Å². The van der Waals surface area contributed by atoms with Gasteiger partial charge in [-0.3, -0.25) is 0 Å². The molecule has 0 amide bonds. The summed E-state index contributed by atoms with van der Waals surface area (Å²) in [7, 11) is 2.10. The number of anilines is 2. The lowest BCUT2D eigenvalue weighted by molar-refractivity contribution is 0.483. The van der Waals surface area contributed by atoms with Crippen molar-refractivity contribution in [1.82, 2.24) is 20.4 Å². The van der Waals surface area contributed by atoms with E-state index in [1.165, 1.54) is 24.1 Å². The number of fused-ring (bicyclic) bond motifs is 1. The Morgan fingerprint density at radius 2 is 1.77 bits per heavy atom. The fraction of sp³-hybridized carbons (Fsp3) is 0.600. The number of hydrogen-bond acceptors (Lipinski definition) is 6. The molecule has 26 heavy (non-hydrogen) atoms. The predicted molar refractivity (Wildman–Crippen MR) is 104 cm³/mol. The maximum Gasteiger partial charge on any atom is 0.151 e. The highest BCUT2D eigenvalue weighted by molar-refractivity contribution is 5.49. The van der Waals surface area contributed by atoms with Gasteiger partial charge in [-0.05, 0) is 49.4 Å². The predicted octanol–water partition coefficient (Wildman–Crippen LogP) is 2.77. The van der Waals surface area contributed by atoms with Gasteiger partial charge in [-0.25, -0.2) is 0 Å². The Labute approximate surface area is 155 Å². The van der Waals surface area contributed by atoms with Crippen LogP contribution in [0, 0.1) is 0 Å². The van der Waals surface area contributed by atoms with Crippen molar-refractivity contribution in [2.24, 2.45) is 0 Å². The highest BCUT2D eigenvalue weighted by Crippen LogP contribution is 2.27. The zero-order chi connectivity index (χ0) is 18.3. The summed E-state index contributed by atoms with van der Waals surface area (Å²) < 4.78 is 0. The number of hydrogen-bond donors (Lipinski definition) is 0. The van der Waals surface area contributed by atoms with Crippen LogP contribution in [-0.4, -0.2) is 46.6 Å². The van der Waals surface area contributed by atoms with Gasteiger partial charge in [-0.15, -0.1) is 10.2 Å². The van der Waals surface area contributed by atoms with Gasteiger partial charge in [-0.2, -0.15) is 10.2 Å². The second-order valence-electron chi connectivity index (χ2n) is 8.58. The van der Waals surface area contributed by atoms with Crippen LogP contribution in [0.1, 0.15) is 50.6 Å². The first-order chi connectivity index (χ1) is 12.4. The molecule has 3 heterocycles. The molecule has 4 rings (SSSR count). The maximum absolute atomic E-state index is 4.46. The molecule has 0 aromatic carbocycles. The molecule has 1 aliphatic heterocycles. The smallest absolute Gasteiger partial charge is 0.151 e. The van der Waals surface area contributed by atoms with Gasteiger partial charge < -0.3 is 9.80 Å². The molecule has 0 atom stereocenters. The minimum absolute atomic E-state index is 0.0302. The highest BCUT2D eigenvalue weighted by atomic mass is 15.4. The quantitative estimate of drug-likeness (QED) is 0.847. The van der Waals surface area contributed by atoms with Crippen molar-refractivity contribution in [1.29, 1.82) is 0 Å². The molecule has 6 heteroatoms. The Kier molecular flexibility index (Phi) is 4.29. The van der Waals surface area contributed by atoms with Crippen molar-refractivity contribution in [2.75, 3.05) is 29.9 Å². The molecule has 0 saturated carbocycles. The van der Waals surface area contributed by atoms with E-state index in [1.807, 2.05) is 0 Å². The summed E-state index contributed by atoms with van der Waals surface area (Å²) in [5.41, 5.74) is 3.64. The lowest BCUT2D eigenvalue weighted by Crippen LogP contribution is -2.59. The maximum atomic E-state index is 4.46. The van der Waals surface area contributed by atoms with Gasteiger partial charge in [0.1, 0.15) is 0 Å². The Bertz CT molecular complexity index is 774. The largest absolute Gasteiger partial charge is 0.352 e. The Morgan fingerprint density at radius 3 is 2.46 bits per heavy atom. The molecule has 0 bridgehead atoms. The van der Waals surface area contributed by atoms with Crippen LogP contribution in [-0.2, 0) is 18.3 Å². The van der Waals surface area contributed by atoms with Crippen molar-refractivity contribution in [2.45, 2.75) is 57.9 Å². The van der Waals surface area contributed by atoms with E-state index in [1.54, 1.807) is 0 Å². The normalized spacial score (nSPS) is 17.6. The standard InChI is InChI=1S/C20H28N6/c1-20(2,3)17-9-10-18(23-22-17)25(4)15-12-26(13-15)19-11-14-7-5-6-8-16(14)21-24-19/h9-11,15H,5-8,12-13H2,1-4H3. The van der Waals surface area contributed by atoms with Crippen molar-refractivity contribution < 1.29 is 0 Å². The third-order valence-electron chi connectivity index (χ3n) is 5.57. The summed E-state index contributed by atoms with van der Waals surface area (Å²) in [6, 6.07) is 6.84. The van der Waals surface area contributed by atoms with E-state index in [0.717, 1.165) is 43.3 Å². The number of aromatic nitrogens is 4. The van der Waals surface area contributed by atoms with Crippen molar-refractivity contribution in [3.8, 4) is 0 Å². The van der Waals surface area contributed by atoms with Gasteiger partial charge in [0.25, 0.3) is 0 Å². The van der Waals surface area contributed by atoms with E-state index in [4.69, 9.17) is 0 Å². The van der Waals surface area contributed by atoms with Crippen LogP contribution in [0.5, 0.6) is 0 Å². The summed E-state index contributed by atoms with van der Waals surface area (Å²) in [4.78, 5) is 4.53. The minimum Gasteiger partial charge on any atom is -0.352 e. The summed E-state index contributed by atoms with van der Waals surface area (Å²) in [5.74, 6) is 1.95. The fourth-order valence-corrected chi connectivity index (χ4v) is 3.62. The van der Waals surface area contributed by atoms with Crippen molar-refractivity contribution >= 4 is 11.6 Å². The molecule has 1 saturated heterocycles. The number of rotatable bonds is 3. The molecule has 1 aliphatic carbocycles. The van der Waals surface area contributed by atoms with Gasteiger partial charge in [0.05, 0.1) is 17.4 Å². The van der Waals surface area contributed by atoms with Gasteiger partial charge in [0.2, 0.25) is 0 Å². The molecular formula is C20H28N6. The highest BCUT2D eigenvalue weighted by Gasteiger charge is 2.32. The number of likely N-dealkylation sites (N-methyl/N-ethyl adjacent to an activating group) is 1. The number of nitrogens with zero attached hydrogens (tertiary/aromatic N) is 6. The fourth-order valence-electron chi connectivity index (χ4n) is 3.62. The number of aryl methyl sites for hydroxylation is 2. The van der Waals surface area contributed by atoms with Gasteiger partial charge in [0, 0.05) is 25.6 Å². The third-order valence-corrected chi connectivity index (χ3v) is 5.57. The lowest BCUT2D eigenvalue weighted by atomic mass is 9.92. The molecule has 2 aliphatic rings. The molecular weight excluding hydrogens is 324 g/mol. The monoisotopic (exact) mass is 352 g/mol. The zero-order valence-corrected chi connectivity index (χ0v) is 16.2. The van der Waals surface area contributed by atoms with E-state index in [0.29, 0.717) is 6.04 Å². The van der Waals surface area contributed by atoms with E-state index in [-0.39, 0.29) is 5.41 Å². The van der Waals surface area contributed by atoms with Crippen LogP contribution in [0.2, 0.25) is 0 Å². The topological polar surface area (TPSA) is 58.0 Å². The molecule has 2 aromatic rings. The third kappa shape index (κ3) is 3.24. The van der Waals surface area contributed by atoms with Crippen LogP contribution in [0.3, 0.4) is 0 Å². The first kappa shape index (κ1) is 17.2. The Balaban J connectivity index is 1.40. The minimum atomic E-state index is 0.0302. The van der Waals surface area contributed by atoms with Crippen LogP contribution < -0.4 is 9.80 Å². The second kappa shape index (κ2) is 6.49. The molecule has 0 radical (unpaired) electrons. The first-order valence-electron chi connectivity index (χ1n) is 9.59. The summed E-state index contributed by atoms with van der Waals surface area (Å²) >= 11 is 0. The van der Waals surface area contributed by atoms with Crippen LogP contribution >= 0.6 is 0 Å². The lowest BCUT2D eigenvalue weighted by Gasteiger charge is -2.44. The Morgan fingerprint density at radius 1 is 1.00 bits per heavy atom. The second-order valence-corrected chi connectivity index (χ2v) is 8.58. The summed E-state index contributed by atoms with van der Waals surface area (Å²) in [6.45, 7) is 8.37. The SMILES string of the molecule is CN(c1ccc(C(C)(C)C)nn1)C1CN(c2cc3c(nn2)CCCC3)C1. The molecule has 2 aromatic heterocycles. The molecule has 1 fully saturated rings. The van der Waals surface area contributed by atoms with Crippen LogP contribution in [0.25, 0.3) is 0 Å². The van der Waals surface area contributed by atoms with Crippen LogP contribution in [0.15, 0.2) is 18.2 Å². The zero-order valence-electron chi connectivity index (χ0n) is 16.2. The molecule has 0 N–H and O–H groups in total. The van der Waals surface area contributed by atoms with E-state index >= 15 is 0 Å².